The zero-order valence-corrected chi connectivity index (χ0v) is 8.84. The van der Waals surface area contributed by atoms with Crippen LogP contribution in [-0.2, 0) is 16.0 Å². The van der Waals surface area contributed by atoms with Crippen molar-refractivity contribution >= 4 is 11.9 Å². The number of carboxylic acid groups (broad SMARTS) is 1. The van der Waals surface area contributed by atoms with Crippen molar-refractivity contribution in [2.45, 2.75) is 19.4 Å². The number of esters is 1. The van der Waals surface area contributed by atoms with Crippen LogP contribution in [0.3, 0.4) is 0 Å². The Bertz CT molecular complexity index is 403. The van der Waals surface area contributed by atoms with E-state index in [1.54, 1.807) is 24.3 Å². The fourth-order valence-electron chi connectivity index (χ4n) is 1.25. The Balaban J connectivity index is 2.86. The summed E-state index contributed by atoms with van der Waals surface area (Å²) < 4.78 is 4.94. The van der Waals surface area contributed by atoms with Crippen LogP contribution in [0, 0.1) is 0 Å². The molecular formula is C11H13NO4. The van der Waals surface area contributed by atoms with E-state index < -0.39 is 18.0 Å². The molecule has 1 rings (SSSR count). The van der Waals surface area contributed by atoms with Crippen molar-refractivity contribution in [2.24, 2.45) is 5.73 Å². The number of hydrogen-bond donors (Lipinski definition) is 2. The summed E-state index contributed by atoms with van der Waals surface area (Å²) in [6, 6.07) is 5.72. The summed E-state index contributed by atoms with van der Waals surface area (Å²) in [5.74, 6) is -1.18. The van der Waals surface area contributed by atoms with Crippen LogP contribution in [0.4, 0.5) is 0 Å². The molecule has 0 aliphatic rings. The molecular weight excluding hydrogens is 210 g/mol. The van der Waals surface area contributed by atoms with Gasteiger partial charge in [-0.1, -0.05) is 18.2 Å². The summed E-state index contributed by atoms with van der Waals surface area (Å²) in [5, 5.41) is 8.68. The van der Waals surface area contributed by atoms with Gasteiger partial charge >= 0.3 is 11.9 Å². The average molecular weight is 223 g/mol. The number of carbonyl (C=O) groups is 2. The van der Waals surface area contributed by atoms with Crippen LogP contribution in [0.5, 0.6) is 5.75 Å². The number of hydrogen-bond acceptors (Lipinski definition) is 4. The van der Waals surface area contributed by atoms with Gasteiger partial charge in [-0.25, -0.2) is 0 Å². The lowest BCUT2D eigenvalue weighted by Gasteiger charge is -2.10. The molecule has 1 aromatic carbocycles. The third-order valence-electron chi connectivity index (χ3n) is 1.98. The number of carbonyl (C=O) groups excluding carboxylic acids is 1. The molecule has 5 heteroatoms. The maximum Gasteiger partial charge on any atom is 0.320 e. The summed E-state index contributed by atoms with van der Waals surface area (Å²) >= 11 is 0. The fourth-order valence-corrected chi connectivity index (χ4v) is 1.25. The SMILES string of the molecule is CC(=O)Oc1ccccc1CC(N)C(=O)O. The highest BCUT2D eigenvalue weighted by Gasteiger charge is 2.15. The second-order valence-electron chi connectivity index (χ2n) is 3.35. The van der Waals surface area contributed by atoms with Crippen LogP contribution >= 0.6 is 0 Å². The van der Waals surface area contributed by atoms with Gasteiger partial charge in [-0.15, -0.1) is 0 Å². The number of rotatable bonds is 4. The summed E-state index contributed by atoms with van der Waals surface area (Å²) in [6.07, 6.45) is 0.124. The lowest BCUT2D eigenvalue weighted by molar-refractivity contribution is -0.138. The molecule has 1 unspecified atom stereocenters. The highest BCUT2D eigenvalue weighted by atomic mass is 16.5. The normalized spacial score (nSPS) is 11.9. The summed E-state index contributed by atoms with van der Waals surface area (Å²) in [6.45, 7) is 1.29. The van der Waals surface area contributed by atoms with Crippen LogP contribution in [0.2, 0.25) is 0 Å². The Morgan fingerprint density at radius 3 is 2.62 bits per heavy atom. The molecule has 1 atom stereocenters. The third-order valence-corrected chi connectivity index (χ3v) is 1.98. The number of aliphatic carboxylic acids is 1. The van der Waals surface area contributed by atoms with E-state index in [0.717, 1.165) is 0 Å². The maximum absolute atomic E-state index is 10.8. The Morgan fingerprint density at radius 1 is 1.44 bits per heavy atom. The fraction of sp³-hybridized carbons (Fsp3) is 0.273. The van der Waals surface area contributed by atoms with Gasteiger partial charge in [0.2, 0.25) is 0 Å². The second kappa shape index (κ2) is 5.27. The van der Waals surface area contributed by atoms with Gasteiger partial charge in [-0.05, 0) is 11.6 Å². The maximum atomic E-state index is 10.8. The van der Waals surface area contributed by atoms with E-state index in [9.17, 15) is 9.59 Å². The van der Waals surface area contributed by atoms with Crippen LogP contribution in [0.1, 0.15) is 12.5 Å². The number of benzene rings is 1. The molecule has 0 spiro atoms. The first-order chi connectivity index (χ1) is 7.50. The van der Waals surface area contributed by atoms with E-state index in [0.29, 0.717) is 11.3 Å². The molecule has 0 aromatic heterocycles. The molecule has 0 fully saturated rings. The first-order valence-corrected chi connectivity index (χ1v) is 4.75. The van der Waals surface area contributed by atoms with E-state index in [-0.39, 0.29) is 6.42 Å². The van der Waals surface area contributed by atoms with Gasteiger partial charge in [0.1, 0.15) is 11.8 Å². The minimum atomic E-state index is -1.09. The molecule has 0 aliphatic carbocycles. The van der Waals surface area contributed by atoms with E-state index in [1.165, 1.54) is 6.92 Å². The summed E-state index contributed by atoms with van der Waals surface area (Å²) in [5.41, 5.74) is 6.01. The lowest BCUT2D eigenvalue weighted by atomic mass is 10.1. The van der Waals surface area contributed by atoms with Gasteiger partial charge in [0.15, 0.2) is 0 Å². The number of ether oxygens (including phenoxy) is 1. The number of carboxylic acids is 1. The quantitative estimate of drug-likeness (QED) is 0.575. The number of nitrogens with two attached hydrogens (primary N) is 1. The minimum absolute atomic E-state index is 0.124. The van der Waals surface area contributed by atoms with Gasteiger partial charge in [-0.3, -0.25) is 9.59 Å². The van der Waals surface area contributed by atoms with Crippen LogP contribution in [0.15, 0.2) is 24.3 Å². The third kappa shape index (κ3) is 3.36. The smallest absolute Gasteiger partial charge is 0.320 e. The van der Waals surface area contributed by atoms with Gasteiger partial charge in [0.05, 0.1) is 0 Å². The van der Waals surface area contributed by atoms with Crippen molar-refractivity contribution < 1.29 is 19.4 Å². The average Bonchev–Trinajstić information content (AvgIpc) is 2.20. The molecule has 0 radical (unpaired) electrons. The first kappa shape index (κ1) is 12.2. The first-order valence-electron chi connectivity index (χ1n) is 4.75. The topological polar surface area (TPSA) is 89.6 Å². The van der Waals surface area contributed by atoms with Crippen LogP contribution < -0.4 is 10.5 Å². The molecule has 16 heavy (non-hydrogen) atoms. The van der Waals surface area contributed by atoms with Gasteiger partial charge in [0, 0.05) is 13.3 Å². The predicted molar refractivity (Wildman–Crippen MR) is 57.1 cm³/mol. The van der Waals surface area contributed by atoms with Crippen LogP contribution in [-0.4, -0.2) is 23.1 Å². The molecule has 0 amide bonds. The molecule has 0 saturated carbocycles. The molecule has 5 nitrogen and oxygen atoms in total. The number of para-hydroxylation sites is 1. The highest BCUT2D eigenvalue weighted by molar-refractivity contribution is 5.74. The van der Waals surface area contributed by atoms with Gasteiger partial charge in [0.25, 0.3) is 0 Å². The Labute approximate surface area is 92.8 Å². The van der Waals surface area contributed by atoms with E-state index in [4.69, 9.17) is 15.6 Å². The Kier molecular flexibility index (Phi) is 4.02. The van der Waals surface area contributed by atoms with E-state index in [1.807, 2.05) is 0 Å². The Hall–Kier alpha value is -1.88. The minimum Gasteiger partial charge on any atom is -0.480 e. The summed E-state index contributed by atoms with van der Waals surface area (Å²) in [4.78, 5) is 21.4. The Morgan fingerprint density at radius 2 is 2.06 bits per heavy atom. The van der Waals surface area contributed by atoms with Crippen molar-refractivity contribution in [1.82, 2.24) is 0 Å². The van der Waals surface area contributed by atoms with Crippen molar-refractivity contribution in [3.8, 4) is 5.75 Å². The molecule has 1 aromatic rings. The van der Waals surface area contributed by atoms with Crippen molar-refractivity contribution in [3.05, 3.63) is 29.8 Å². The van der Waals surface area contributed by atoms with Crippen molar-refractivity contribution in [3.63, 3.8) is 0 Å². The molecule has 3 N–H and O–H groups in total. The van der Waals surface area contributed by atoms with Gasteiger partial charge in [-0.2, -0.15) is 0 Å². The zero-order valence-electron chi connectivity index (χ0n) is 8.84. The zero-order chi connectivity index (χ0) is 12.1. The van der Waals surface area contributed by atoms with Gasteiger partial charge < -0.3 is 15.6 Å². The summed E-state index contributed by atoms with van der Waals surface area (Å²) in [7, 11) is 0. The monoisotopic (exact) mass is 223 g/mol. The second-order valence-corrected chi connectivity index (χ2v) is 3.35. The molecule has 0 saturated heterocycles. The molecule has 0 bridgehead atoms. The van der Waals surface area contributed by atoms with E-state index in [2.05, 4.69) is 0 Å². The van der Waals surface area contributed by atoms with E-state index >= 15 is 0 Å². The lowest BCUT2D eigenvalue weighted by Crippen LogP contribution is -2.32. The van der Waals surface area contributed by atoms with Crippen molar-refractivity contribution in [2.75, 3.05) is 0 Å². The predicted octanol–water partition coefficient (Wildman–Crippen LogP) is 0.566. The van der Waals surface area contributed by atoms with Crippen LogP contribution in [0.25, 0.3) is 0 Å². The molecule has 0 heterocycles. The molecule has 86 valence electrons. The van der Waals surface area contributed by atoms with Crippen molar-refractivity contribution in [1.29, 1.82) is 0 Å². The molecule has 0 aliphatic heterocycles. The standard InChI is InChI=1S/C11H13NO4/c1-7(13)16-10-5-3-2-4-8(10)6-9(12)11(14)15/h2-5,9H,6,12H2,1H3,(H,14,15). The highest BCUT2D eigenvalue weighted by Crippen LogP contribution is 2.19. The largest absolute Gasteiger partial charge is 0.480 e.